The third-order valence-electron chi connectivity index (χ3n) is 3.95. The van der Waals surface area contributed by atoms with E-state index in [1.807, 2.05) is 13.1 Å². The van der Waals surface area contributed by atoms with E-state index < -0.39 is 0 Å². The van der Waals surface area contributed by atoms with Crippen molar-refractivity contribution in [3.8, 4) is 0 Å². The molecule has 0 aromatic carbocycles. The van der Waals surface area contributed by atoms with Crippen LogP contribution in [0.3, 0.4) is 0 Å². The number of aromatic nitrogens is 2. The lowest BCUT2D eigenvalue weighted by Crippen LogP contribution is -2.30. The summed E-state index contributed by atoms with van der Waals surface area (Å²) < 4.78 is 5.43. The molecule has 1 fully saturated rings. The molecule has 5 nitrogen and oxygen atoms in total. The Balaban J connectivity index is 1.86. The molecule has 0 saturated carbocycles. The molecule has 5 heteroatoms. The molecule has 2 heterocycles. The van der Waals surface area contributed by atoms with Gasteiger partial charge in [0.15, 0.2) is 0 Å². The average Bonchev–Trinajstić information content (AvgIpc) is 2.88. The van der Waals surface area contributed by atoms with E-state index in [2.05, 4.69) is 31.0 Å². The highest BCUT2D eigenvalue weighted by atomic mass is 16.5. The molecule has 21 heavy (non-hydrogen) atoms. The molecule has 0 spiro atoms. The highest BCUT2D eigenvalue weighted by Crippen LogP contribution is 2.21. The Morgan fingerprint density at radius 3 is 2.86 bits per heavy atom. The summed E-state index contributed by atoms with van der Waals surface area (Å²) in [5.74, 6) is 0.554. The van der Waals surface area contributed by atoms with Gasteiger partial charge in [-0.2, -0.15) is 5.10 Å². The summed E-state index contributed by atoms with van der Waals surface area (Å²) in [6.07, 6.45) is 2.74. The maximum atomic E-state index is 12.3. The van der Waals surface area contributed by atoms with Crippen molar-refractivity contribution >= 4 is 5.91 Å². The van der Waals surface area contributed by atoms with E-state index in [1.165, 1.54) is 0 Å². The number of rotatable bonds is 4. The molecule has 1 unspecified atom stereocenters. The van der Waals surface area contributed by atoms with Crippen LogP contribution in [0.25, 0.3) is 0 Å². The van der Waals surface area contributed by atoms with E-state index in [0.29, 0.717) is 18.9 Å². The average molecular weight is 293 g/mol. The lowest BCUT2D eigenvalue weighted by molar-refractivity contribution is -0.132. The second-order valence-electron chi connectivity index (χ2n) is 7.07. The van der Waals surface area contributed by atoms with E-state index in [0.717, 1.165) is 37.4 Å². The largest absolute Gasteiger partial charge is 0.381 e. The fourth-order valence-corrected chi connectivity index (χ4v) is 2.54. The summed E-state index contributed by atoms with van der Waals surface area (Å²) in [5.41, 5.74) is 2.03. The molecule has 0 bridgehead atoms. The monoisotopic (exact) mass is 293 g/mol. The minimum Gasteiger partial charge on any atom is -0.381 e. The fraction of sp³-hybridized carbons (Fsp3) is 0.750. The minimum absolute atomic E-state index is 0.0246. The van der Waals surface area contributed by atoms with Crippen molar-refractivity contribution < 1.29 is 9.53 Å². The van der Waals surface area contributed by atoms with Crippen LogP contribution in [0.2, 0.25) is 0 Å². The highest BCUT2D eigenvalue weighted by Gasteiger charge is 2.21. The molecular formula is C16H27N3O2. The molecule has 1 aliphatic heterocycles. The van der Waals surface area contributed by atoms with Gasteiger partial charge in [0.25, 0.3) is 0 Å². The van der Waals surface area contributed by atoms with Crippen LogP contribution in [-0.4, -0.2) is 41.3 Å². The van der Waals surface area contributed by atoms with Crippen LogP contribution in [-0.2, 0) is 21.5 Å². The molecule has 2 rings (SSSR count). The maximum Gasteiger partial charge on any atom is 0.223 e. The van der Waals surface area contributed by atoms with Gasteiger partial charge in [-0.15, -0.1) is 0 Å². The number of ether oxygens (including phenoxy) is 1. The normalized spacial score (nSPS) is 19.5. The summed E-state index contributed by atoms with van der Waals surface area (Å²) in [6, 6.07) is 2.05. The Labute approximate surface area is 127 Å². The first-order valence-corrected chi connectivity index (χ1v) is 7.72. The Morgan fingerprint density at radius 2 is 2.29 bits per heavy atom. The smallest absolute Gasteiger partial charge is 0.223 e. The predicted molar refractivity (Wildman–Crippen MR) is 81.9 cm³/mol. The SMILES string of the molecule is CN(Cc1cc(C(C)(C)C)n[nH]1)C(=O)CC1CCCOC1. The number of amides is 1. The third kappa shape index (κ3) is 4.56. The zero-order chi connectivity index (χ0) is 15.5. The molecule has 0 aliphatic carbocycles. The standard InChI is InChI=1S/C16H27N3O2/c1-16(2,3)14-9-13(17-18-14)10-19(4)15(20)8-12-6-5-7-21-11-12/h9,12H,5-8,10-11H2,1-4H3,(H,17,18). The van der Waals surface area contributed by atoms with Crippen molar-refractivity contribution in [3.63, 3.8) is 0 Å². The lowest BCUT2D eigenvalue weighted by Gasteiger charge is -2.24. The van der Waals surface area contributed by atoms with Crippen molar-refractivity contribution in [2.45, 2.75) is 52.0 Å². The number of aromatic amines is 1. The third-order valence-corrected chi connectivity index (χ3v) is 3.95. The summed E-state index contributed by atoms with van der Waals surface area (Å²) >= 11 is 0. The van der Waals surface area contributed by atoms with Crippen LogP contribution in [0, 0.1) is 5.92 Å². The van der Waals surface area contributed by atoms with Gasteiger partial charge < -0.3 is 9.64 Å². The number of nitrogens with zero attached hydrogens (tertiary/aromatic N) is 2. The molecule has 118 valence electrons. The van der Waals surface area contributed by atoms with Crippen LogP contribution in [0.15, 0.2) is 6.07 Å². The number of hydrogen-bond donors (Lipinski definition) is 1. The van der Waals surface area contributed by atoms with Gasteiger partial charge >= 0.3 is 0 Å². The second-order valence-corrected chi connectivity index (χ2v) is 7.07. The molecule has 1 amide bonds. The van der Waals surface area contributed by atoms with Gasteiger partial charge in [-0.05, 0) is 24.8 Å². The molecule has 1 N–H and O–H groups in total. The first kappa shape index (κ1) is 16.0. The Bertz CT molecular complexity index is 470. The lowest BCUT2D eigenvalue weighted by atomic mass is 9.92. The first-order chi connectivity index (χ1) is 9.86. The van der Waals surface area contributed by atoms with E-state index in [-0.39, 0.29) is 11.3 Å². The van der Waals surface area contributed by atoms with Crippen molar-refractivity contribution in [2.24, 2.45) is 5.92 Å². The summed E-state index contributed by atoms with van der Waals surface area (Å²) in [7, 11) is 1.85. The Hall–Kier alpha value is -1.36. The molecule has 1 saturated heterocycles. The van der Waals surface area contributed by atoms with Gasteiger partial charge in [-0.1, -0.05) is 20.8 Å². The van der Waals surface area contributed by atoms with Crippen molar-refractivity contribution in [1.82, 2.24) is 15.1 Å². The van der Waals surface area contributed by atoms with Gasteiger partial charge in [0, 0.05) is 32.1 Å². The Morgan fingerprint density at radius 1 is 1.52 bits per heavy atom. The number of carbonyl (C=O) groups is 1. The van der Waals surface area contributed by atoms with Gasteiger partial charge in [0.1, 0.15) is 0 Å². The van der Waals surface area contributed by atoms with Crippen LogP contribution < -0.4 is 0 Å². The van der Waals surface area contributed by atoms with E-state index in [9.17, 15) is 4.79 Å². The molecule has 1 atom stereocenters. The Kier molecular flexibility index (Phi) is 5.04. The van der Waals surface area contributed by atoms with Crippen LogP contribution in [0.5, 0.6) is 0 Å². The number of nitrogens with one attached hydrogen (secondary N) is 1. The van der Waals surface area contributed by atoms with E-state index in [1.54, 1.807) is 4.90 Å². The number of H-pyrrole nitrogens is 1. The summed E-state index contributed by atoms with van der Waals surface area (Å²) in [4.78, 5) is 14.0. The minimum atomic E-state index is 0.0246. The second kappa shape index (κ2) is 6.60. The van der Waals surface area contributed by atoms with Crippen LogP contribution in [0.1, 0.15) is 51.4 Å². The number of carbonyl (C=O) groups excluding carboxylic acids is 1. The zero-order valence-corrected chi connectivity index (χ0v) is 13.6. The number of hydrogen-bond acceptors (Lipinski definition) is 3. The molecule has 1 aromatic heterocycles. The first-order valence-electron chi connectivity index (χ1n) is 7.72. The maximum absolute atomic E-state index is 12.3. The molecule has 0 radical (unpaired) electrons. The topological polar surface area (TPSA) is 58.2 Å². The van der Waals surface area contributed by atoms with Crippen molar-refractivity contribution in [3.05, 3.63) is 17.5 Å². The molecule has 1 aromatic rings. The quantitative estimate of drug-likeness (QED) is 0.928. The van der Waals surface area contributed by atoms with Gasteiger partial charge in [0.2, 0.25) is 5.91 Å². The van der Waals surface area contributed by atoms with Crippen LogP contribution >= 0.6 is 0 Å². The van der Waals surface area contributed by atoms with Crippen molar-refractivity contribution in [2.75, 3.05) is 20.3 Å². The predicted octanol–water partition coefficient (Wildman–Crippen LogP) is 2.48. The van der Waals surface area contributed by atoms with Crippen molar-refractivity contribution in [1.29, 1.82) is 0 Å². The summed E-state index contributed by atoms with van der Waals surface area (Å²) in [6.45, 7) is 8.53. The van der Waals surface area contributed by atoms with Crippen LogP contribution in [0.4, 0.5) is 0 Å². The summed E-state index contributed by atoms with van der Waals surface area (Å²) in [5, 5.41) is 7.37. The van der Waals surface area contributed by atoms with E-state index >= 15 is 0 Å². The zero-order valence-electron chi connectivity index (χ0n) is 13.6. The molecule has 1 aliphatic rings. The van der Waals surface area contributed by atoms with Gasteiger partial charge in [-0.3, -0.25) is 9.89 Å². The highest BCUT2D eigenvalue weighted by molar-refractivity contribution is 5.76. The molecular weight excluding hydrogens is 266 g/mol. The fourth-order valence-electron chi connectivity index (χ4n) is 2.54. The van der Waals surface area contributed by atoms with Gasteiger partial charge in [0.05, 0.1) is 17.9 Å². The van der Waals surface area contributed by atoms with Gasteiger partial charge in [-0.25, -0.2) is 0 Å². The van der Waals surface area contributed by atoms with E-state index in [4.69, 9.17) is 4.74 Å².